The fourth-order valence-electron chi connectivity index (χ4n) is 12.3. The van der Waals surface area contributed by atoms with E-state index in [2.05, 4.69) is 75.0 Å². The molecule has 5 heterocycles. The second-order valence-corrected chi connectivity index (χ2v) is 26.6. The average Bonchev–Trinajstić information content (AvgIpc) is 3.00. The number of carbonyl (C=O) groups is 4. The molecule has 0 radical (unpaired) electrons. The third kappa shape index (κ3) is 25.1. The molecule has 2 atom stereocenters. The Kier molecular flexibility index (Phi) is 33.7. The van der Waals surface area contributed by atoms with Gasteiger partial charge in [0.1, 0.15) is 12.7 Å². The minimum absolute atomic E-state index is 0.0521. The van der Waals surface area contributed by atoms with Gasteiger partial charge in [-0.15, -0.1) is 0 Å². The number of aromatic amines is 2. The van der Waals surface area contributed by atoms with Gasteiger partial charge in [0.2, 0.25) is 5.91 Å². The van der Waals surface area contributed by atoms with Crippen molar-refractivity contribution in [2.75, 3.05) is 33.0 Å². The molecule has 0 saturated carbocycles. The summed E-state index contributed by atoms with van der Waals surface area (Å²) in [4.78, 5) is 81.2. The summed E-state index contributed by atoms with van der Waals surface area (Å²) >= 11 is 0. The predicted molar refractivity (Wildman–Crippen MR) is 360 cm³/mol. The Labute approximate surface area is 528 Å². The lowest BCUT2D eigenvalue weighted by Gasteiger charge is -2.21. The third-order valence-corrected chi connectivity index (χ3v) is 19.2. The highest BCUT2D eigenvalue weighted by molar-refractivity contribution is 7.52. The second-order valence-electron chi connectivity index (χ2n) is 24.7. The first kappa shape index (κ1) is 73.4. The number of amides is 1. The first-order valence-electron chi connectivity index (χ1n) is 34.3. The van der Waals surface area contributed by atoms with E-state index in [0.717, 1.165) is 113 Å². The Morgan fingerprint density at radius 2 is 0.943 bits per heavy atom. The second kappa shape index (κ2) is 40.4. The van der Waals surface area contributed by atoms with Crippen molar-refractivity contribution in [2.24, 2.45) is 0 Å². The number of ether oxygens (including phenoxy) is 3. The smallest absolute Gasteiger partial charge is 0.332 e. The first-order valence-corrected chi connectivity index (χ1v) is 36.1. The zero-order chi connectivity index (χ0) is 63.7. The molecule has 0 aromatic carbocycles. The number of esters is 3. The number of allylic oxidation sites excluding steroid dienone is 4. The highest BCUT2D eigenvalue weighted by atomic mass is 31.2. The van der Waals surface area contributed by atoms with Crippen molar-refractivity contribution in [2.45, 2.75) is 280 Å². The number of methoxy groups -OCH3 is 1. The van der Waals surface area contributed by atoms with E-state index in [1.54, 1.807) is 0 Å². The molecule has 2 aliphatic heterocycles. The van der Waals surface area contributed by atoms with E-state index >= 15 is 0 Å². The van der Waals surface area contributed by atoms with E-state index in [0.29, 0.717) is 37.1 Å². The van der Waals surface area contributed by atoms with E-state index in [9.17, 15) is 28.6 Å². The standard InChI is InChI=1S/C72H112N5O10P/c1-10-14-16-18-20-22-24-26-28-30-32-34-36-38-71(80)85-50-56(87-72(81)39-37-35-33-31-29-27-25-23-21-19-17-15-11-2)51-88(82,83)86-45-44-73-69(78)42-40-59-54(7)62-46-61-52(5)57(12-3)65(74-61)47-63-53(6)58(13-4)66(75-63)48-64-55(8)60(41-43-70(79)84-9)68(77-64)49-67(59)76-62/h46-49,56,74-75H,10-45,50-51H2,1-9H3,(H,73,78)(H,82,83). The van der Waals surface area contributed by atoms with Crippen molar-refractivity contribution < 1.29 is 47.4 Å². The summed E-state index contributed by atoms with van der Waals surface area (Å²) in [6.07, 6.45) is 32.0. The molecular weight excluding hydrogens is 1130 g/mol. The number of carbonyl (C=O) groups excluding carboxylic acids is 4. The Balaban J connectivity index is 1.20. The first-order chi connectivity index (χ1) is 42.5. The molecule has 0 spiro atoms. The summed E-state index contributed by atoms with van der Waals surface area (Å²) in [6, 6.07) is 8.32. The number of hydrogen-bond donors (Lipinski definition) is 4. The molecule has 2 unspecified atom stereocenters. The number of aryl methyl sites for hydroxylation is 4. The van der Waals surface area contributed by atoms with E-state index in [1.807, 2.05) is 19.9 Å². The van der Waals surface area contributed by atoms with Crippen LogP contribution in [0.5, 0.6) is 0 Å². The quantitative estimate of drug-likeness (QED) is 0.0180. The summed E-state index contributed by atoms with van der Waals surface area (Å²) in [6.45, 7) is 16.4. The summed E-state index contributed by atoms with van der Waals surface area (Å²) < 4.78 is 35.5. The molecule has 3 aromatic heterocycles. The van der Waals surface area contributed by atoms with E-state index < -0.39 is 31.8 Å². The van der Waals surface area contributed by atoms with Crippen molar-refractivity contribution in [1.82, 2.24) is 25.3 Å². The zero-order valence-corrected chi connectivity index (χ0v) is 56.6. The van der Waals surface area contributed by atoms with Crippen molar-refractivity contribution in [1.29, 1.82) is 0 Å². The number of nitrogens with zero attached hydrogens (tertiary/aromatic N) is 2. The van der Waals surface area contributed by atoms with Gasteiger partial charge in [0.25, 0.3) is 0 Å². The molecule has 0 saturated heterocycles. The third-order valence-electron chi connectivity index (χ3n) is 17.8. The van der Waals surface area contributed by atoms with Crippen molar-refractivity contribution in [3.8, 4) is 0 Å². The molecule has 88 heavy (non-hydrogen) atoms. The van der Waals surface area contributed by atoms with Crippen LogP contribution in [-0.4, -0.2) is 87.8 Å². The largest absolute Gasteiger partial charge is 0.469 e. The van der Waals surface area contributed by atoms with Crippen LogP contribution in [0.3, 0.4) is 0 Å². The van der Waals surface area contributed by atoms with Crippen LogP contribution < -0.4 is 5.32 Å². The molecule has 5 rings (SSSR count). The van der Waals surface area contributed by atoms with Gasteiger partial charge in [-0.3, -0.25) is 23.7 Å². The van der Waals surface area contributed by atoms with Crippen LogP contribution in [0.2, 0.25) is 0 Å². The van der Waals surface area contributed by atoms with E-state index in [4.69, 9.17) is 28.7 Å². The fourth-order valence-corrected chi connectivity index (χ4v) is 13.5. The van der Waals surface area contributed by atoms with E-state index in [-0.39, 0.29) is 57.3 Å². The van der Waals surface area contributed by atoms with Gasteiger partial charge in [0, 0.05) is 54.3 Å². The van der Waals surface area contributed by atoms with Gasteiger partial charge in [-0.25, -0.2) is 9.97 Å². The number of unbranched alkanes of at least 4 members (excludes halogenated alkanes) is 24. The van der Waals surface area contributed by atoms with Gasteiger partial charge in [0.15, 0.2) is 0 Å². The molecule has 3 aromatic rings. The Morgan fingerprint density at radius 3 is 1.41 bits per heavy atom. The van der Waals surface area contributed by atoms with Gasteiger partial charge < -0.3 is 38.9 Å². The fraction of sp³-hybridized carbons (Fsp3) is 0.667. The maximum atomic E-state index is 13.6. The number of H-pyrrole nitrogens is 2. The molecule has 2 aliphatic rings. The van der Waals surface area contributed by atoms with Crippen molar-refractivity contribution in [3.05, 3.63) is 69.3 Å². The molecule has 16 heteroatoms. The number of aromatic nitrogens is 4. The van der Waals surface area contributed by atoms with Gasteiger partial charge in [-0.2, -0.15) is 0 Å². The van der Waals surface area contributed by atoms with Crippen LogP contribution in [0.1, 0.15) is 292 Å². The Hall–Kier alpha value is -5.37. The minimum Gasteiger partial charge on any atom is -0.469 e. The van der Waals surface area contributed by atoms with Crippen LogP contribution >= 0.6 is 7.60 Å². The highest BCUT2D eigenvalue weighted by Crippen LogP contribution is 2.43. The molecule has 0 fully saturated rings. The molecule has 4 N–H and O–H groups in total. The normalized spacial score (nSPS) is 13.5. The number of fused-ring (bicyclic) bond motifs is 8. The monoisotopic (exact) mass is 1240 g/mol. The Bertz CT molecular complexity index is 2970. The van der Waals surface area contributed by atoms with Crippen LogP contribution in [0, 0.1) is 13.8 Å². The van der Waals surface area contributed by atoms with Gasteiger partial charge in [-0.05, 0) is 135 Å². The van der Waals surface area contributed by atoms with E-state index in [1.165, 1.54) is 139 Å². The molecule has 490 valence electrons. The molecule has 8 bridgehead atoms. The van der Waals surface area contributed by atoms with Crippen molar-refractivity contribution in [3.63, 3.8) is 0 Å². The minimum atomic E-state index is -4.39. The lowest BCUT2D eigenvalue weighted by atomic mass is 9.98. The lowest BCUT2D eigenvalue weighted by molar-refractivity contribution is -0.158. The van der Waals surface area contributed by atoms with Crippen LogP contribution in [0.4, 0.5) is 0 Å². The summed E-state index contributed by atoms with van der Waals surface area (Å²) in [7, 11) is -3.01. The number of nitrogens with one attached hydrogen (secondary N) is 3. The van der Waals surface area contributed by atoms with Gasteiger partial charge in [-0.1, -0.05) is 182 Å². The summed E-state index contributed by atoms with van der Waals surface area (Å²) in [5.41, 5.74) is 15.3. The van der Waals surface area contributed by atoms with Crippen molar-refractivity contribution >= 4 is 75.8 Å². The molecule has 1 amide bonds. The predicted octanol–water partition coefficient (Wildman–Crippen LogP) is 18.4. The molecule has 0 aliphatic carbocycles. The SMILES string of the molecule is CCCCCCCCCCCCCCCC(=O)OCC(CP(=O)(O)OCCNC(=O)CCC1=C(C)c2cc3[nH]c(cc4[nH]c(cc5nc(cc1n2)C(CCC(=O)OC)=C5C)c(CC)c4C)c(CC)c3C)OC(=O)CCCCCCCCCCCCCCC. The maximum absolute atomic E-state index is 13.6. The number of hydrogen-bond acceptors (Lipinski definition) is 11. The Morgan fingerprint density at radius 1 is 0.523 bits per heavy atom. The average molecular weight is 1240 g/mol. The molecular formula is C72H112N5O10P. The number of rotatable bonds is 45. The summed E-state index contributed by atoms with van der Waals surface area (Å²) in [5, 5.41) is 2.85. The maximum Gasteiger partial charge on any atom is 0.332 e. The van der Waals surface area contributed by atoms with Gasteiger partial charge in [0.05, 0.1) is 42.7 Å². The lowest BCUT2D eigenvalue weighted by Crippen LogP contribution is -2.30. The van der Waals surface area contributed by atoms with Gasteiger partial charge >= 0.3 is 25.5 Å². The zero-order valence-electron chi connectivity index (χ0n) is 55.7. The van der Waals surface area contributed by atoms with Crippen LogP contribution in [0.15, 0.2) is 24.3 Å². The van der Waals surface area contributed by atoms with Crippen LogP contribution in [0.25, 0.3) is 44.4 Å². The summed E-state index contributed by atoms with van der Waals surface area (Å²) in [5.74, 6) is -1.55. The highest BCUT2D eigenvalue weighted by Gasteiger charge is 2.30. The molecule has 15 nitrogen and oxygen atoms in total. The van der Waals surface area contributed by atoms with Crippen LogP contribution in [-0.2, 0) is 55.3 Å². The topological polar surface area (TPSA) is 212 Å².